The molecule has 20 heavy (non-hydrogen) atoms. The van der Waals surface area contributed by atoms with Gasteiger partial charge < -0.3 is 15.7 Å². The summed E-state index contributed by atoms with van der Waals surface area (Å²) in [5.74, 6) is -0.985. The van der Waals surface area contributed by atoms with Crippen molar-refractivity contribution in [2.75, 3.05) is 6.54 Å². The molecule has 8 nitrogen and oxygen atoms in total. The topological polar surface area (TPSA) is 109 Å². The van der Waals surface area contributed by atoms with Crippen molar-refractivity contribution >= 4 is 12.0 Å². The van der Waals surface area contributed by atoms with Crippen LogP contribution >= 0.6 is 0 Å². The molecule has 0 aliphatic heterocycles. The number of amides is 2. The SMILES string of the molecule is CCC1(CNC(=O)NCc2cn(CC(=O)O)nn2)CC1. The first-order valence-corrected chi connectivity index (χ1v) is 6.65. The summed E-state index contributed by atoms with van der Waals surface area (Å²) in [4.78, 5) is 22.1. The number of carbonyl (C=O) groups excluding carboxylic acids is 1. The summed E-state index contributed by atoms with van der Waals surface area (Å²) < 4.78 is 1.22. The molecule has 8 heteroatoms. The Morgan fingerprint density at radius 2 is 2.20 bits per heavy atom. The Balaban J connectivity index is 1.70. The highest BCUT2D eigenvalue weighted by molar-refractivity contribution is 5.73. The fraction of sp³-hybridized carbons (Fsp3) is 0.667. The van der Waals surface area contributed by atoms with E-state index >= 15 is 0 Å². The van der Waals surface area contributed by atoms with Crippen LogP contribution in [0.25, 0.3) is 0 Å². The number of aromatic nitrogens is 3. The highest BCUT2D eigenvalue weighted by Crippen LogP contribution is 2.47. The molecule has 1 fully saturated rings. The molecule has 0 unspecified atom stereocenters. The van der Waals surface area contributed by atoms with Crippen molar-refractivity contribution in [1.29, 1.82) is 0 Å². The second kappa shape index (κ2) is 5.89. The van der Waals surface area contributed by atoms with E-state index in [1.807, 2.05) is 0 Å². The van der Waals surface area contributed by atoms with E-state index in [1.165, 1.54) is 23.7 Å². The van der Waals surface area contributed by atoms with E-state index < -0.39 is 5.97 Å². The lowest BCUT2D eigenvalue weighted by Gasteiger charge is -2.13. The lowest BCUT2D eigenvalue weighted by atomic mass is 10.0. The zero-order valence-corrected chi connectivity index (χ0v) is 11.4. The maximum atomic E-state index is 11.6. The van der Waals surface area contributed by atoms with Gasteiger partial charge in [0.05, 0.1) is 12.7 Å². The average molecular weight is 281 g/mol. The van der Waals surface area contributed by atoms with Gasteiger partial charge in [-0.25, -0.2) is 9.48 Å². The molecule has 0 atom stereocenters. The number of hydrogen-bond donors (Lipinski definition) is 3. The summed E-state index contributed by atoms with van der Waals surface area (Å²) in [5.41, 5.74) is 0.833. The first-order chi connectivity index (χ1) is 9.53. The van der Waals surface area contributed by atoms with Crippen LogP contribution in [0.2, 0.25) is 0 Å². The van der Waals surface area contributed by atoms with Crippen LogP contribution in [0.4, 0.5) is 4.79 Å². The average Bonchev–Trinajstić information content (AvgIpc) is 3.07. The minimum atomic E-state index is -0.985. The quantitative estimate of drug-likeness (QED) is 0.668. The molecule has 0 spiro atoms. The van der Waals surface area contributed by atoms with Gasteiger partial charge in [-0.15, -0.1) is 5.10 Å². The van der Waals surface area contributed by atoms with Crippen LogP contribution in [0.15, 0.2) is 6.20 Å². The fourth-order valence-corrected chi connectivity index (χ4v) is 1.97. The molecule has 110 valence electrons. The van der Waals surface area contributed by atoms with Gasteiger partial charge in [0.15, 0.2) is 0 Å². The molecule has 1 aromatic heterocycles. The number of carboxylic acid groups (broad SMARTS) is 1. The van der Waals surface area contributed by atoms with Crippen LogP contribution in [-0.4, -0.2) is 38.6 Å². The fourth-order valence-electron chi connectivity index (χ4n) is 1.97. The van der Waals surface area contributed by atoms with Crippen molar-refractivity contribution in [1.82, 2.24) is 25.6 Å². The predicted molar refractivity (Wildman–Crippen MR) is 69.9 cm³/mol. The summed E-state index contributed by atoms with van der Waals surface area (Å²) in [6, 6.07) is -0.238. The maximum absolute atomic E-state index is 11.6. The first kappa shape index (κ1) is 14.3. The predicted octanol–water partition coefficient (Wildman–Crippen LogP) is 0.352. The third kappa shape index (κ3) is 3.94. The van der Waals surface area contributed by atoms with Crippen LogP contribution in [0.3, 0.4) is 0 Å². The molecule has 0 saturated heterocycles. The number of carboxylic acids is 1. The van der Waals surface area contributed by atoms with Gasteiger partial charge in [0.1, 0.15) is 12.2 Å². The number of hydrogen-bond acceptors (Lipinski definition) is 4. The third-order valence-corrected chi connectivity index (χ3v) is 3.64. The van der Waals surface area contributed by atoms with Crippen molar-refractivity contribution in [3.05, 3.63) is 11.9 Å². The second-order valence-corrected chi connectivity index (χ2v) is 5.19. The van der Waals surface area contributed by atoms with E-state index in [9.17, 15) is 9.59 Å². The van der Waals surface area contributed by atoms with Gasteiger partial charge in [-0.05, 0) is 24.7 Å². The molecule has 1 aliphatic carbocycles. The lowest BCUT2D eigenvalue weighted by molar-refractivity contribution is -0.137. The van der Waals surface area contributed by atoms with E-state index in [0.717, 1.165) is 6.42 Å². The molecular formula is C12H19N5O3. The van der Waals surface area contributed by atoms with E-state index in [0.29, 0.717) is 17.7 Å². The molecule has 0 radical (unpaired) electrons. The molecular weight excluding hydrogens is 262 g/mol. The van der Waals surface area contributed by atoms with Gasteiger partial charge >= 0.3 is 12.0 Å². The smallest absolute Gasteiger partial charge is 0.325 e. The monoisotopic (exact) mass is 281 g/mol. The Bertz CT molecular complexity index is 495. The third-order valence-electron chi connectivity index (χ3n) is 3.64. The summed E-state index contributed by atoms with van der Waals surface area (Å²) in [6.45, 7) is 2.82. The van der Waals surface area contributed by atoms with Crippen molar-refractivity contribution in [2.24, 2.45) is 5.41 Å². The zero-order chi connectivity index (χ0) is 14.6. The Morgan fingerprint density at radius 3 is 2.80 bits per heavy atom. The van der Waals surface area contributed by atoms with Gasteiger partial charge in [0.2, 0.25) is 0 Å². The van der Waals surface area contributed by atoms with Gasteiger partial charge in [-0.1, -0.05) is 12.1 Å². The minimum Gasteiger partial charge on any atom is -0.480 e. The van der Waals surface area contributed by atoms with Crippen molar-refractivity contribution in [3.8, 4) is 0 Å². The molecule has 0 bridgehead atoms. The van der Waals surface area contributed by atoms with Crippen LogP contribution in [0, 0.1) is 5.41 Å². The Kier molecular flexibility index (Phi) is 4.21. The highest BCUT2D eigenvalue weighted by atomic mass is 16.4. The van der Waals surface area contributed by atoms with Gasteiger partial charge in [0, 0.05) is 6.54 Å². The normalized spacial score (nSPS) is 15.7. The number of carbonyl (C=O) groups is 2. The maximum Gasteiger partial charge on any atom is 0.325 e. The van der Waals surface area contributed by atoms with Crippen molar-refractivity contribution in [2.45, 2.75) is 39.3 Å². The Labute approximate surface area is 116 Å². The lowest BCUT2D eigenvalue weighted by Crippen LogP contribution is -2.38. The zero-order valence-electron chi connectivity index (χ0n) is 11.4. The number of aliphatic carboxylic acids is 1. The van der Waals surface area contributed by atoms with Crippen molar-refractivity contribution < 1.29 is 14.7 Å². The van der Waals surface area contributed by atoms with Crippen molar-refractivity contribution in [3.63, 3.8) is 0 Å². The molecule has 2 rings (SSSR count). The van der Waals surface area contributed by atoms with E-state index in [4.69, 9.17) is 5.11 Å². The summed E-state index contributed by atoms with van der Waals surface area (Å²) in [6.07, 6.45) is 4.93. The number of nitrogens with one attached hydrogen (secondary N) is 2. The molecule has 1 aromatic rings. The molecule has 3 N–H and O–H groups in total. The summed E-state index contributed by atoms with van der Waals surface area (Å²) in [7, 11) is 0. The molecule has 2 amide bonds. The Morgan fingerprint density at radius 1 is 1.45 bits per heavy atom. The second-order valence-electron chi connectivity index (χ2n) is 5.19. The summed E-state index contributed by atoms with van der Waals surface area (Å²) in [5, 5.41) is 21.6. The van der Waals surface area contributed by atoms with Gasteiger partial charge in [0.25, 0.3) is 0 Å². The van der Waals surface area contributed by atoms with E-state index in [2.05, 4.69) is 27.9 Å². The van der Waals surface area contributed by atoms with E-state index in [-0.39, 0.29) is 19.1 Å². The number of nitrogens with zero attached hydrogens (tertiary/aromatic N) is 3. The minimum absolute atomic E-state index is 0.227. The van der Waals surface area contributed by atoms with Crippen LogP contribution in [0.5, 0.6) is 0 Å². The standard InChI is InChI=1S/C12H19N5O3/c1-2-12(3-4-12)8-14-11(20)13-5-9-6-17(16-15-9)7-10(18)19/h6H,2-5,7-8H2,1H3,(H,18,19)(H2,13,14,20). The van der Waals surface area contributed by atoms with Gasteiger partial charge in [-0.3, -0.25) is 4.79 Å². The van der Waals surface area contributed by atoms with Crippen LogP contribution in [-0.2, 0) is 17.9 Å². The molecule has 0 aromatic carbocycles. The van der Waals surface area contributed by atoms with Crippen LogP contribution < -0.4 is 10.6 Å². The van der Waals surface area contributed by atoms with Crippen LogP contribution in [0.1, 0.15) is 31.9 Å². The molecule has 1 aliphatic rings. The molecule has 1 heterocycles. The number of urea groups is 1. The first-order valence-electron chi connectivity index (χ1n) is 6.65. The van der Waals surface area contributed by atoms with Gasteiger partial charge in [-0.2, -0.15) is 0 Å². The highest BCUT2D eigenvalue weighted by Gasteiger charge is 2.40. The molecule has 1 saturated carbocycles. The largest absolute Gasteiger partial charge is 0.480 e. The van der Waals surface area contributed by atoms with E-state index in [1.54, 1.807) is 0 Å². The Hall–Kier alpha value is -2.12. The summed E-state index contributed by atoms with van der Waals surface area (Å²) >= 11 is 0. The number of rotatable bonds is 7.